The summed E-state index contributed by atoms with van der Waals surface area (Å²) in [5, 5.41) is 12.8. The van der Waals surface area contributed by atoms with Crippen LogP contribution in [0.1, 0.15) is 12.8 Å². The first-order valence-corrected chi connectivity index (χ1v) is 7.82. The number of nitrogens with two attached hydrogens (primary N) is 1. The Labute approximate surface area is 112 Å². The largest absolute Gasteiger partial charge is 0.409 e. The van der Waals surface area contributed by atoms with E-state index < -0.39 is 10.0 Å². The third-order valence-electron chi connectivity index (χ3n) is 1.86. The van der Waals surface area contributed by atoms with Gasteiger partial charge in [-0.1, -0.05) is 5.16 Å². The van der Waals surface area contributed by atoms with Gasteiger partial charge in [-0.2, -0.15) is 0 Å². The predicted octanol–water partition coefficient (Wildman–Crippen LogP) is 1.32. The highest BCUT2D eigenvalue weighted by atomic mass is 79.9. The number of halogens is 1. The van der Waals surface area contributed by atoms with Crippen LogP contribution in [0.15, 0.2) is 25.3 Å². The highest BCUT2D eigenvalue weighted by Crippen LogP contribution is 2.27. The van der Waals surface area contributed by atoms with Crippen molar-refractivity contribution in [2.45, 2.75) is 17.1 Å². The number of nitrogens with one attached hydrogen (secondary N) is 1. The van der Waals surface area contributed by atoms with Crippen LogP contribution < -0.4 is 10.5 Å². The molecule has 9 heteroatoms. The maximum absolute atomic E-state index is 11.8. The number of hydrogen-bond acceptors (Lipinski definition) is 5. The van der Waals surface area contributed by atoms with Crippen molar-refractivity contribution in [1.29, 1.82) is 0 Å². The van der Waals surface area contributed by atoms with Gasteiger partial charge in [-0.3, -0.25) is 0 Å². The fraction of sp³-hybridized carbons (Fsp3) is 0.375. The van der Waals surface area contributed by atoms with Gasteiger partial charge in [-0.15, -0.1) is 11.3 Å². The van der Waals surface area contributed by atoms with E-state index in [1.807, 2.05) is 0 Å². The number of nitrogens with zero attached hydrogens (tertiary/aromatic N) is 1. The second-order valence-electron chi connectivity index (χ2n) is 3.15. The molecule has 4 N–H and O–H groups in total. The van der Waals surface area contributed by atoms with Crippen LogP contribution in [0, 0.1) is 0 Å². The molecule has 1 aromatic rings. The second-order valence-corrected chi connectivity index (χ2v) is 6.88. The van der Waals surface area contributed by atoms with E-state index in [9.17, 15) is 8.42 Å². The Morgan fingerprint density at radius 2 is 2.35 bits per heavy atom. The Balaban J connectivity index is 2.50. The molecule has 0 aliphatic heterocycles. The van der Waals surface area contributed by atoms with Gasteiger partial charge >= 0.3 is 0 Å². The molecule has 1 rings (SSSR count). The molecule has 0 saturated carbocycles. The molecule has 0 fully saturated rings. The lowest BCUT2D eigenvalue weighted by Crippen LogP contribution is -2.25. The molecule has 0 saturated heterocycles. The molecule has 1 heterocycles. The summed E-state index contributed by atoms with van der Waals surface area (Å²) in [5.41, 5.74) is 5.26. The zero-order valence-corrected chi connectivity index (χ0v) is 12.0. The zero-order valence-electron chi connectivity index (χ0n) is 8.76. The number of rotatable bonds is 6. The van der Waals surface area contributed by atoms with Crippen LogP contribution in [-0.2, 0) is 10.0 Å². The Bertz CT molecular complexity index is 498. The summed E-state index contributed by atoms with van der Waals surface area (Å²) in [6, 6.07) is 1.68. The third kappa shape index (κ3) is 4.26. The average Bonchev–Trinajstić information content (AvgIpc) is 2.71. The van der Waals surface area contributed by atoms with Gasteiger partial charge in [0.05, 0.1) is 0 Å². The Hall–Kier alpha value is -0.640. The predicted molar refractivity (Wildman–Crippen MR) is 69.9 cm³/mol. The number of hydrogen-bond donors (Lipinski definition) is 3. The van der Waals surface area contributed by atoms with Crippen LogP contribution in [0.4, 0.5) is 0 Å². The Morgan fingerprint density at radius 3 is 2.88 bits per heavy atom. The van der Waals surface area contributed by atoms with E-state index in [4.69, 9.17) is 10.9 Å². The van der Waals surface area contributed by atoms with Gasteiger partial charge in [0.2, 0.25) is 0 Å². The van der Waals surface area contributed by atoms with Crippen molar-refractivity contribution in [3.63, 3.8) is 0 Å². The maximum atomic E-state index is 11.8. The summed E-state index contributed by atoms with van der Waals surface area (Å²) in [7, 11) is -3.47. The zero-order chi connectivity index (χ0) is 12.9. The topological polar surface area (TPSA) is 105 Å². The molecule has 0 radical (unpaired) electrons. The lowest BCUT2D eigenvalue weighted by atomic mass is 10.3. The standard InChI is InChI=1S/C8H12BrN3O3S2/c9-6-3-5-16-8(6)17(14,15)11-4-1-2-7(10)12-13/h3,5,11,13H,1-2,4H2,(H2,10,12). The molecular weight excluding hydrogens is 330 g/mol. The van der Waals surface area contributed by atoms with Gasteiger partial charge in [0, 0.05) is 17.4 Å². The minimum atomic E-state index is -3.47. The molecule has 0 spiro atoms. The molecule has 0 amide bonds. The van der Waals surface area contributed by atoms with Crippen molar-refractivity contribution in [2.75, 3.05) is 6.54 Å². The number of amidine groups is 1. The van der Waals surface area contributed by atoms with Crippen LogP contribution in [0.2, 0.25) is 0 Å². The first-order valence-electron chi connectivity index (χ1n) is 4.66. The van der Waals surface area contributed by atoms with Crippen LogP contribution in [0.3, 0.4) is 0 Å². The normalized spacial score (nSPS) is 12.9. The van der Waals surface area contributed by atoms with Gasteiger partial charge in [-0.25, -0.2) is 13.1 Å². The van der Waals surface area contributed by atoms with E-state index in [2.05, 4.69) is 25.8 Å². The molecule has 0 bridgehead atoms. The monoisotopic (exact) mass is 341 g/mol. The molecule has 0 aromatic carbocycles. The minimum Gasteiger partial charge on any atom is -0.409 e. The van der Waals surface area contributed by atoms with E-state index in [0.29, 0.717) is 17.3 Å². The van der Waals surface area contributed by atoms with Crippen molar-refractivity contribution in [3.05, 3.63) is 15.9 Å². The molecule has 0 aliphatic rings. The molecule has 0 aliphatic carbocycles. The maximum Gasteiger partial charge on any atom is 0.251 e. The van der Waals surface area contributed by atoms with Crippen molar-refractivity contribution in [2.24, 2.45) is 10.9 Å². The Kier molecular flexibility index (Phi) is 5.37. The fourth-order valence-corrected chi connectivity index (χ4v) is 4.52. The Morgan fingerprint density at radius 1 is 1.65 bits per heavy atom. The van der Waals surface area contributed by atoms with Crippen molar-refractivity contribution >= 4 is 43.1 Å². The highest BCUT2D eigenvalue weighted by Gasteiger charge is 2.18. The quantitative estimate of drug-likeness (QED) is 0.238. The second kappa shape index (κ2) is 6.34. The van der Waals surface area contributed by atoms with Crippen molar-refractivity contribution in [1.82, 2.24) is 4.72 Å². The van der Waals surface area contributed by atoms with E-state index in [-0.39, 0.29) is 16.6 Å². The summed E-state index contributed by atoms with van der Waals surface area (Å²) < 4.78 is 26.8. The van der Waals surface area contributed by atoms with E-state index >= 15 is 0 Å². The molecule has 6 nitrogen and oxygen atoms in total. The number of oxime groups is 1. The molecule has 17 heavy (non-hydrogen) atoms. The first kappa shape index (κ1) is 14.4. The van der Waals surface area contributed by atoms with E-state index in [0.717, 1.165) is 11.3 Å². The smallest absolute Gasteiger partial charge is 0.251 e. The number of sulfonamides is 1. The third-order valence-corrected chi connectivity index (χ3v) is 5.99. The van der Waals surface area contributed by atoms with Crippen molar-refractivity contribution in [3.8, 4) is 0 Å². The molecule has 1 aromatic heterocycles. The highest BCUT2D eigenvalue weighted by molar-refractivity contribution is 9.10. The molecule has 96 valence electrons. The van der Waals surface area contributed by atoms with Gasteiger partial charge in [0.1, 0.15) is 10.0 Å². The summed E-state index contributed by atoms with van der Waals surface area (Å²) in [6.07, 6.45) is 0.808. The SMILES string of the molecule is NC(CCCNS(=O)(=O)c1sccc1Br)=NO. The van der Waals surface area contributed by atoms with Gasteiger partial charge in [0.25, 0.3) is 10.0 Å². The lowest BCUT2D eigenvalue weighted by Gasteiger charge is -2.04. The summed E-state index contributed by atoms with van der Waals surface area (Å²) >= 11 is 4.30. The van der Waals surface area contributed by atoms with Gasteiger partial charge in [-0.05, 0) is 33.8 Å². The minimum absolute atomic E-state index is 0.0847. The van der Waals surface area contributed by atoms with Crippen LogP contribution in [0.25, 0.3) is 0 Å². The molecule has 0 atom stereocenters. The lowest BCUT2D eigenvalue weighted by molar-refractivity contribution is 0.316. The van der Waals surface area contributed by atoms with Gasteiger partial charge in [0.15, 0.2) is 0 Å². The summed E-state index contributed by atoms with van der Waals surface area (Å²) in [6.45, 7) is 0.239. The number of thiophene rings is 1. The molecule has 0 unspecified atom stereocenters. The summed E-state index contributed by atoms with van der Waals surface area (Å²) in [5.74, 6) is 0.0847. The average molecular weight is 342 g/mol. The summed E-state index contributed by atoms with van der Waals surface area (Å²) in [4.78, 5) is 0. The van der Waals surface area contributed by atoms with E-state index in [1.54, 1.807) is 11.4 Å². The molecular formula is C8H12BrN3O3S2. The van der Waals surface area contributed by atoms with Crippen molar-refractivity contribution < 1.29 is 13.6 Å². The first-order chi connectivity index (χ1) is 7.97. The van der Waals surface area contributed by atoms with Crippen LogP contribution in [-0.4, -0.2) is 26.0 Å². The van der Waals surface area contributed by atoms with Gasteiger partial charge < -0.3 is 10.9 Å². The van der Waals surface area contributed by atoms with E-state index in [1.165, 1.54) is 0 Å². The van der Waals surface area contributed by atoms with Crippen LogP contribution in [0.5, 0.6) is 0 Å². The van der Waals surface area contributed by atoms with Crippen LogP contribution >= 0.6 is 27.3 Å². The fourth-order valence-electron chi connectivity index (χ4n) is 1.06.